The third kappa shape index (κ3) is 3.40. The Bertz CT molecular complexity index is 540. The van der Waals surface area contributed by atoms with Crippen LogP contribution in [0.25, 0.3) is 0 Å². The Kier molecular flexibility index (Phi) is 4.71. The van der Waals surface area contributed by atoms with Gasteiger partial charge in [-0.1, -0.05) is 30.3 Å². The highest BCUT2D eigenvalue weighted by Crippen LogP contribution is 2.27. The minimum Gasteiger partial charge on any atom is -0.302 e. The molecule has 1 aromatic carbocycles. The van der Waals surface area contributed by atoms with Crippen molar-refractivity contribution in [2.24, 2.45) is 0 Å². The molecule has 1 fully saturated rings. The van der Waals surface area contributed by atoms with Crippen LogP contribution in [-0.2, 0) is 12.3 Å². The molecule has 0 spiro atoms. The van der Waals surface area contributed by atoms with E-state index in [9.17, 15) is 0 Å². The third-order valence-electron chi connectivity index (χ3n) is 3.92. The van der Waals surface area contributed by atoms with Crippen molar-refractivity contribution in [3.05, 3.63) is 52.0 Å². The van der Waals surface area contributed by atoms with Crippen LogP contribution >= 0.6 is 22.9 Å². The summed E-state index contributed by atoms with van der Waals surface area (Å²) in [6.45, 7) is 3.49. The van der Waals surface area contributed by atoms with Crippen molar-refractivity contribution in [3.8, 4) is 0 Å². The molecule has 1 aliphatic heterocycles. The molecule has 2 aromatic rings. The molecule has 2 heterocycles. The van der Waals surface area contributed by atoms with Crippen molar-refractivity contribution in [2.45, 2.75) is 24.6 Å². The van der Waals surface area contributed by atoms with Crippen molar-refractivity contribution >= 4 is 22.9 Å². The van der Waals surface area contributed by atoms with E-state index < -0.39 is 0 Å². The Morgan fingerprint density at radius 3 is 2.90 bits per heavy atom. The van der Waals surface area contributed by atoms with Gasteiger partial charge in [0.1, 0.15) is 0 Å². The van der Waals surface area contributed by atoms with Crippen LogP contribution in [0.1, 0.15) is 28.6 Å². The number of nitrogens with zero attached hydrogens (tertiary/aromatic N) is 2. The lowest BCUT2D eigenvalue weighted by atomic mass is 9.99. The average molecular weight is 307 g/mol. The van der Waals surface area contributed by atoms with E-state index in [4.69, 9.17) is 11.6 Å². The first kappa shape index (κ1) is 14.1. The summed E-state index contributed by atoms with van der Waals surface area (Å²) in [6, 6.07) is 10.9. The first-order valence-electron chi connectivity index (χ1n) is 7.11. The molecule has 0 aliphatic carbocycles. The van der Waals surface area contributed by atoms with Gasteiger partial charge in [-0.3, -0.25) is 0 Å². The molecule has 0 bridgehead atoms. The molecular weight excluding hydrogens is 288 g/mol. The zero-order chi connectivity index (χ0) is 13.8. The van der Waals surface area contributed by atoms with Gasteiger partial charge in [0.05, 0.1) is 16.6 Å². The molecule has 1 aliphatic rings. The lowest BCUT2D eigenvalue weighted by Crippen LogP contribution is -2.23. The minimum atomic E-state index is 0.524. The van der Waals surface area contributed by atoms with Gasteiger partial charge in [-0.15, -0.1) is 22.9 Å². The van der Waals surface area contributed by atoms with Gasteiger partial charge in [0, 0.05) is 24.9 Å². The van der Waals surface area contributed by atoms with E-state index in [2.05, 4.69) is 45.6 Å². The lowest BCUT2D eigenvalue weighted by molar-refractivity contribution is 0.338. The summed E-state index contributed by atoms with van der Waals surface area (Å²) >= 11 is 7.52. The third-order valence-corrected chi connectivity index (χ3v) is 5.15. The minimum absolute atomic E-state index is 0.524. The van der Waals surface area contributed by atoms with Crippen LogP contribution in [0, 0.1) is 0 Å². The van der Waals surface area contributed by atoms with Gasteiger partial charge in [0.2, 0.25) is 0 Å². The van der Waals surface area contributed by atoms with Crippen LogP contribution in [0.2, 0.25) is 0 Å². The summed E-state index contributed by atoms with van der Waals surface area (Å²) in [4.78, 5) is 7.08. The summed E-state index contributed by atoms with van der Waals surface area (Å²) in [5, 5.41) is 3.28. The summed E-state index contributed by atoms with van der Waals surface area (Å²) in [5.74, 6) is 1.22. The Hall–Kier alpha value is -0.900. The van der Waals surface area contributed by atoms with E-state index in [0.29, 0.717) is 11.8 Å². The first-order valence-corrected chi connectivity index (χ1v) is 8.53. The van der Waals surface area contributed by atoms with E-state index in [1.54, 1.807) is 11.3 Å². The van der Waals surface area contributed by atoms with E-state index in [0.717, 1.165) is 18.7 Å². The number of alkyl halides is 1. The van der Waals surface area contributed by atoms with Crippen molar-refractivity contribution in [1.82, 2.24) is 9.88 Å². The van der Waals surface area contributed by atoms with Gasteiger partial charge in [0.25, 0.3) is 0 Å². The number of rotatable bonds is 5. The molecular formula is C16H19ClN2S. The fraction of sp³-hybridized carbons (Fsp3) is 0.438. The maximum absolute atomic E-state index is 5.79. The zero-order valence-electron chi connectivity index (χ0n) is 11.5. The van der Waals surface area contributed by atoms with Gasteiger partial charge in [-0.05, 0) is 24.4 Å². The van der Waals surface area contributed by atoms with E-state index in [1.807, 2.05) is 0 Å². The number of likely N-dealkylation sites (tertiary alicyclic amines) is 1. The molecule has 1 unspecified atom stereocenters. The second-order valence-electron chi connectivity index (χ2n) is 5.31. The predicted molar refractivity (Wildman–Crippen MR) is 85.6 cm³/mol. The normalized spacial score (nSPS) is 19.6. The van der Waals surface area contributed by atoms with Crippen molar-refractivity contribution in [3.63, 3.8) is 0 Å². The van der Waals surface area contributed by atoms with Gasteiger partial charge >= 0.3 is 0 Å². The molecule has 20 heavy (non-hydrogen) atoms. The largest absolute Gasteiger partial charge is 0.302 e. The summed E-state index contributed by atoms with van der Waals surface area (Å²) in [7, 11) is 0. The van der Waals surface area contributed by atoms with Crippen LogP contribution in [0.5, 0.6) is 0 Å². The Morgan fingerprint density at radius 2 is 2.15 bits per heavy atom. The second kappa shape index (κ2) is 6.70. The molecule has 1 saturated heterocycles. The van der Waals surface area contributed by atoms with Crippen LogP contribution in [0.3, 0.4) is 0 Å². The molecule has 2 nitrogen and oxygen atoms in total. The summed E-state index contributed by atoms with van der Waals surface area (Å²) < 4.78 is 0. The highest BCUT2D eigenvalue weighted by molar-refractivity contribution is 7.09. The Morgan fingerprint density at radius 1 is 1.30 bits per heavy atom. The zero-order valence-corrected chi connectivity index (χ0v) is 13.0. The lowest BCUT2D eigenvalue weighted by Gasteiger charge is -2.15. The topological polar surface area (TPSA) is 16.1 Å². The van der Waals surface area contributed by atoms with Crippen molar-refractivity contribution in [2.75, 3.05) is 19.6 Å². The maximum atomic E-state index is 5.79. The van der Waals surface area contributed by atoms with Crippen LogP contribution in [-0.4, -0.2) is 29.5 Å². The van der Waals surface area contributed by atoms with Crippen LogP contribution in [0.15, 0.2) is 35.7 Å². The second-order valence-corrected chi connectivity index (χ2v) is 6.52. The Balaban J connectivity index is 1.50. The molecule has 1 atom stereocenters. The highest BCUT2D eigenvalue weighted by atomic mass is 35.5. The number of hydrogen-bond acceptors (Lipinski definition) is 3. The summed E-state index contributed by atoms with van der Waals surface area (Å²) in [5.41, 5.74) is 2.49. The standard InChI is InChI=1S/C16H19ClN2S/c17-10-15-12-20-16(18-15)7-9-19-8-6-14(11-19)13-4-2-1-3-5-13/h1-5,12,14H,6-11H2. The highest BCUT2D eigenvalue weighted by Gasteiger charge is 2.23. The molecule has 106 valence electrons. The monoisotopic (exact) mass is 306 g/mol. The van der Waals surface area contributed by atoms with Gasteiger partial charge in [-0.2, -0.15) is 0 Å². The molecule has 4 heteroatoms. The van der Waals surface area contributed by atoms with Crippen molar-refractivity contribution in [1.29, 1.82) is 0 Å². The molecule has 1 aromatic heterocycles. The average Bonchev–Trinajstić information content (AvgIpc) is 3.15. The SMILES string of the molecule is ClCc1csc(CCN2CCC(c3ccccc3)C2)n1. The van der Waals surface area contributed by atoms with Crippen molar-refractivity contribution < 1.29 is 0 Å². The number of aromatic nitrogens is 1. The van der Waals surface area contributed by atoms with Gasteiger partial charge < -0.3 is 4.90 Å². The number of hydrogen-bond donors (Lipinski definition) is 0. The van der Waals surface area contributed by atoms with Gasteiger partial charge in [-0.25, -0.2) is 4.98 Å². The van der Waals surface area contributed by atoms with E-state index in [1.165, 1.54) is 30.1 Å². The number of benzene rings is 1. The molecule has 0 saturated carbocycles. The fourth-order valence-electron chi connectivity index (χ4n) is 2.81. The molecule has 0 amide bonds. The van der Waals surface area contributed by atoms with E-state index >= 15 is 0 Å². The summed E-state index contributed by atoms with van der Waals surface area (Å²) in [6.07, 6.45) is 2.32. The molecule has 0 N–H and O–H groups in total. The number of halogens is 1. The molecule has 3 rings (SSSR count). The fourth-order valence-corrected chi connectivity index (χ4v) is 3.83. The maximum Gasteiger partial charge on any atom is 0.0941 e. The first-order chi connectivity index (χ1) is 9.85. The quantitative estimate of drug-likeness (QED) is 0.779. The predicted octanol–water partition coefficient (Wildman–Crippen LogP) is 3.91. The number of thiazole rings is 1. The van der Waals surface area contributed by atoms with Gasteiger partial charge in [0.15, 0.2) is 0 Å². The van der Waals surface area contributed by atoms with E-state index in [-0.39, 0.29) is 0 Å². The molecule has 0 radical (unpaired) electrons. The smallest absolute Gasteiger partial charge is 0.0941 e. The Labute approximate surface area is 129 Å². The van der Waals surface area contributed by atoms with Crippen LogP contribution in [0.4, 0.5) is 0 Å². The van der Waals surface area contributed by atoms with Crippen LogP contribution < -0.4 is 0 Å².